The molecule has 0 bridgehead atoms. The molecule has 0 aromatic carbocycles. The van der Waals surface area contributed by atoms with Gasteiger partial charge in [0.25, 0.3) is 0 Å². The Morgan fingerprint density at radius 1 is 0.263 bits per heavy atom. The minimum atomic E-state index is -0.784. The highest BCUT2D eigenvalue weighted by molar-refractivity contribution is 5.71. The SMILES string of the molecule is CC/C=C\C/C=C\C/C=C\C/C=C\C/C=C\C/C=C\C/C=C\CCCCCCCC(=O)OC(COC(=O)CCCCCCC)COC(=O)CCCCCCCCCCCCCCCCCCCCCCCCCCCCCCCC. The van der Waals surface area contributed by atoms with Crippen molar-refractivity contribution in [3.63, 3.8) is 0 Å². The number of rotatable bonds is 63. The summed E-state index contributed by atoms with van der Waals surface area (Å²) in [6, 6.07) is 0. The fraction of sp³-hybridized carbons (Fsp3) is 0.770. The van der Waals surface area contributed by atoms with Crippen molar-refractivity contribution < 1.29 is 28.6 Å². The minimum absolute atomic E-state index is 0.0818. The summed E-state index contributed by atoms with van der Waals surface area (Å²) >= 11 is 0. The average molecular weight is 1120 g/mol. The third kappa shape index (κ3) is 65.4. The quantitative estimate of drug-likeness (QED) is 0.0261. The van der Waals surface area contributed by atoms with Crippen molar-refractivity contribution in [2.45, 2.75) is 354 Å². The smallest absolute Gasteiger partial charge is 0.306 e. The molecule has 0 heterocycles. The molecule has 0 aromatic heterocycles. The van der Waals surface area contributed by atoms with Gasteiger partial charge < -0.3 is 14.2 Å². The van der Waals surface area contributed by atoms with E-state index in [1.54, 1.807) is 0 Å². The molecule has 1 unspecified atom stereocenters. The number of carbonyl (C=O) groups excluding carboxylic acids is 3. The Bertz CT molecular complexity index is 1520. The summed E-state index contributed by atoms with van der Waals surface area (Å²) in [5, 5.41) is 0. The van der Waals surface area contributed by atoms with E-state index in [2.05, 4.69) is 106 Å². The molecule has 0 amide bonds. The van der Waals surface area contributed by atoms with Gasteiger partial charge in [-0.15, -0.1) is 0 Å². The molecule has 0 radical (unpaired) electrons. The monoisotopic (exact) mass is 1110 g/mol. The van der Waals surface area contributed by atoms with Gasteiger partial charge >= 0.3 is 17.9 Å². The van der Waals surface area contributed by atoms with Crippen LogP contribution in [-0.4, -0.2) is 37.2 Å². The van der Waals surface area contributed by atoms with Crippen molar-refractivity contribution in [1.82, 2.24) is 0 Å². The normalized spacial score (nSPS) is 12.6. The highest BCUT2D eigenvalue weighted by atomic mass is 16.6. The molecule has 462 valence electrons. The van der Waals surface area contributed by atoms with Crippen LogP contribution in [0.2, 0.25) is 0 Å². The topological polar surface area (TPSA) is 78.9 Å². The van der Waals surface area contributed by atoms with E-state index in [1.807, 2.05) is 0 Å². The van der Waals surface area contributed by atoms with E-state index in [1.165, 1.54) is 180 Å². The standard InChI is InChI=1S/C74H130O6/c1-4-7-10-13-15-17-19-21-23-25-27-29-31-33-35-36-37-39-40-42-44-46-48-50-52-54-56-58-61-64-67-73(76)79-70-71(69-78-72(75)66-63-60-12-9-6-3)80-74(77)68-65-62-59-57-55-53-51-49-47-45-43-41-38-34-32-30-28-26-24-22-20-18-16-14-11-8-5-2/h8,11,16,18,22,24,28,30,34,38,43,45,49,51,71H,4-7,9-10,12-15,17,19-21,23,25-27,29,31-33,35-37,39-42,44,46-48,50,52-70H2,1-3H3/b11-8-,18-16-,24-22-,30-28-,38-34-,45-43-,51-49-. The number of carbonyl (C=O) groups is 3. The van der Waals surface area contributed by atoms with Crippen molar-refractivity contribution >= 4 is 17.9 Å². The van der Waals surface area contributed by atoms with E-state index >= 15 is 0 Å². The summed E-state index contributed by atoms with van der Waals surface area (Å²) in [4.78, 5) is 38.0. The summed E-state index contributed by atoms with van der Waals surface area (Å²) in [6.45, 7) is 6.47. The maximum Gasteiger partial charge on any atom is 0.306 e. The molecular weight excluding hydrogens is 985 g/mol. The molecule has 6 nitrogen and oxygen atoms in total. The lowest BCUT2D eigenvalue weighted by atomic mass is 10.0. The van der Waals surface area contributed by atoms with Gasteiger partial charge in [0, 0.05) is 19.3 Å². The first-order chi connectivity index (χ1) is 39.5. The molecule has 0 saturated heterocycles. The van der Waals surface area contributed by atoms with E-state index in [9.17, 15) is 14.4 Å². The van der Waals surface area contributed by atoms with Crippen LogP contribution in [0.5, 0.6) is 0 Å². The zero-order chi connectivity index (χ0) is 57.8. The molecule has 0 saturated carbocycles. The number of allylic oxidation sites excluding steroid dienone is 14. The van der Waals surface area contributed by atoms with Crippen molar-refractivity contribution in [1.29, 1.82) is 0 Å². The van der Waals surface area contributed by atoms with Crippen molar-refractivity contribution in [2.24, 2.45) is 0 Å². The Morgan fingerprint density at radius 3 is 0.762 bits per heavy atom. The lowest BCUT2D eigenvalue weighted by Gasteiger charge is -2.18. The first-order valence-corrected chi connectivity index (χ1v) is 34.6. The molecule has 80 heavy (non-hydrogen) atoms. The first-order valence-electron chi connectivity index (χ1n) is 34.6. The molecule has 0 aliphatic carbocycles. The first kappa shape index (κ1) is 76.6. The van der Waals surface area contributed by atoms with Crippen LogP contribution in [0.1, 0.15) is 348 Å². The Labute approximate surface area is 496 Å². The minimum Gasteiger partial charge on any atom is -0.462 e. The predicted molar refractivity (Wildman–Crippen MR) is 348 cm³/mol. The van der Waals surface area contributed by atoms with Crippen molar-refractivity contribution in [2.75, 3.05) is 13.2 Å². The lowest BCUT2D eigenvalue weighted by molar-refractivity contribution is -0.167. The van der Waals surface area contributed by atoms with E-state index in [0.717, 1.165) is 128 Å². The number of ether oxygens (including phenoxy) is 3. The largest absolute Gasteiger partial charge is 0.462 e. The molecule has 0 spiro atoms. The zero-order valence-electron chi connectivity index (χ0n) is 53.1. The Morgan fingerprint density at radius 2 is 0.487 bits per heavy atom. The summed E-state index contributed by atoms with van der Waals surface area (Å²) in [7, 11) is 0. The second kappa shape index (κ2) is 68.1. The zero-order valence-corrected chi connectivity index (χ0v) is 53.1. The number of hydrogen-bond donors (Lipinski definition) is 0. The van der Waals surface area contributed by atoms with Crippen LogP contribution in [-0.2, 0) is 28.6 Å². The molecule has 6 heteroatoms. The van der Waals surface area contributed by atoms with Gasteiger partial charge in [-0.3, -0.25) is 14.4 Å². The van der Waals surface area contributed by atoms with Gasteiger partial charge in [-0.05, 0) is 77.0 Å². The van der Waals surface area contributed by atoms with Gasteiger partial charge in [-0.2, -0.15) is 0 Å². The van der Waals surface area contributed by atoms with E-state index in [4.69, 9.17) is 14.2 Å². The Kier molecular flexibility index (Phi) is 65.2. The van der Waals surface area contributed by atoms with Gasteiger partial charge in [0.2, 0.25) is 0 Å². The van der Waals surface area contributed by atoms with Crippen molar-refractivity contribution in [3.05, 3.63) is 85.1 Å². The van der Waals surface area contributed by atoms with Crippen LogP contribution < -0.4 is 0 Å². The summed E-state index contributed by atoms with van der Waals surface area (Å²) in [5.41, 5.74) is 0. The lowest BCUT2D eigenvalue weighted by Crippen LogP contribution is -2.30. The van der Waals surface area contributed by atoms with Gasteiger partial charge in [-0.1, -0.05) is 337 Å². The molecule has 0 fully saturated rings. The van der Waals surface area contributed by atoms with Crippen LogP contribution in [0.3, 0.4) is 0 Å². The van der Waals surface area contributed by atoms with Gasteiger partial charge in [-0.25, -0.2) is 0 Å². The molecular formula is C74H130O6. The fourth-order valence-electron chi connectivity index (χ4n) is 10.0. The van der Waals surface area contributed by atoms with Gasteiger partial charge in [0.15, 0.2) is 6.10 Å². The van der Waals surface area contributed by atoms with Crippen LogP contribution >= 0.6 is 0 Å². The second-order valence-electron chi connectivity index (χ2n) is 23.1. The molecule has 1 atom stereocenters. The van der Waals surface area contributed by atoms with E-state index in [0.29, 0.717) is 19.3 Å². The van der Waals surface area contributed by atoms with Crippen LogP contribution in [0.25, 0.3) is 0 Å². The summed E-state index contributed by atoms with van der Waals surface area (Å²) in [5.74, 6) is -0.902. The maximum atomic E-state index is 12.8. The Hall–Kier alpha value is -3.41. The number of unbranched alkanes of at least 4 members (excludes halogenated alkanes) is 38. The third-order valence-corrected chi connectivity index (χ3v) is 15.2. The maximum absolute atomic E-state index is 12.8. The van der Waals surface area contributed by atoms with Crippen LogP contribution in [0, 0.1) is 0 Å². The Balaban J connectivity index is 4.01. The van der Waals surface area contributed by atoms with Crippen molar-refractivity contribution in [3.8, 4) is 0 Å². The predicted octanol–water partition coefficient (Wildman–Crippen LogP) is 23.8. The average Bonchev–Trinajstić information content (AvgIpc) is 3.46. The fourth-order valence-corrected chi connectivity index (χ4v) is 10.0. The van der Waals surface area contributed by atoms with E-state index < -0.39 is 6.10 Å². The van der Waals surface area contributed by atoms with Crippen LogP contribution in [0.15, 0.2) is 85.1 Å². The summed E-state index contributed by atoms with van der Waals surface area (Å²) in [6.07, 6.45) is 91.0. The highest BCUT2D eigenvalue weighted by Crippen LogP contribution is 2.18. The third-order valence-electron chi connectivity index (χ3n) is 15.2. The molecule has 0 rings (SSSR count). The molecule has 0 aliphatic heterocycles. The molecule has 0 aromatic rings. The second-order valence-corrected chi connectivity index (χ2v) is 23.1. The number of esters is 3. The van der Waals surface area contributed by atoms with Gasteiger partial charge in [0.05, 0.1) is 0 Å². The van der Waals surface area contributed by atoms with Crippen LogP contribution in [0.4, 0.5) is 0 Å². The van der Waals surface area contributed by atoms with Gasteiger partial charge in [0.1, 0.15) is 13.2 Å². The highest BCUT2D eigenvalue weighted by Gasteiger charge is 2.19. The van der Waals surface area contributed by atoms with E-state index in [-0.39, 0.29) is 31.1 Å². The summed E-state index contributed by atoms with van der Waals surface area (Å²) < 4.78 is 16.8. The number of hydrogen-bond acceptors (Lipinski definition) is 6. The molecule has 0 N–H and O–H groups in total. The molecule has 0 aliphatic rings.